The molecule has 1 fully saturated rings. The molecule has 0 N–H and O–H groups in total. The van der Waals surface area contributed by atoms with Gasteiger partial charge in [-0.1, -0.05) is 77.8 Å². The molecule has 4 aliphatic rings. The highest BCUT2D eigenvalue weighted by Crippen LogP contribution is 2.63. The molecule has 0 saturated carbocycles. The molecule has 1 heterocycles. The minimum atomic E-state index is -1.23. The molecule has 2 unspecified atom stereocenters. The van der Waals surface area contributed by atoms with Crippen molar-refractivity contribution in [2.45, 2.75) is 11.3 Å². The first-order valence-corrected chi connectivity index (χ1v) is 10.7. The number of nitrogens with zero attached hydrogens (tertiary/aromatic N) is 1. The molecule has 0 aromatic heterocycles. The fourth-order valence-electron chi connectivity index (χ4n) is 5.95. The van der Waals surface area contributed by atoms with Gasteiger partial charge in [0.05, 0.1) is 33.0 Å². The molecule has 7 rings (SSSR count). The van der Waals surface area contributed by atoms with Crippen LogP contribution in [0.1, 0.15) is 28.2 Å². The summed E-state index contributed by atoms with van der Waals surface area (Å²) in [4.78, 5) is 41.7. The lowest BCUT2D eigenvalue weighted by Crippen LogP contribution is -2.54. The van der Waals surface area contributed by atoms with Crippen LogP contribution in [0.5, 0.6) is 0 Å². The van der Waals surface area contributed by atoms with Crippen molar-refractivity contribution in [2.75, 3.05) is 4.90 Å². The van der Waals surface area contributed by atoms with Gasteiger partial charge in [-0.3, -0.25) is 9.59 Å². The number of anilines is 1. The van der Waals surface area contributed by atoms with Crippen LogP contribution in [-0.4, -0.2) is 18.1 Å². The third-order valence-corrected chi connectivity index (χ3v) is 7.64. The third kappa shape index (κ3) is 2.09. The summed E-state index contributed by atoms with van der Waals surface area (Å²) in [5, 5.41) is 0.436. The van der Waals surface area contributed by atoms with Crippen molar-refractivity contribution in [3.63, 3.8) is 0 Å². The van der Waals surface area contributed by atoms with Gasteiger partial charge in [-0.15, -0.1) is 0 Å². The van der Waals surface area contributed by atoms with E-state index in [0.717, 1.165) is 33.4 Å². The van der Waals surface area contributed by atoms with Crippen molar-refractivity contribution in [3.8, 4) is 0 Å². The maximum atomic E-state index is 13.9. The molecule has 3 aromatic carbocycles. The number of hydrogen-bond acceptors (Lipinski definition) is 3. The maximum absolute atomic E-state index is 13.9. The highest BCUT2D eigenvalue weighted by molar-refractivity contribution is 6.42. The highest BCUT2D eigenvalue weighted by Gasteiger charge is 2.68. The Labute approximate surface area is 188 Å². The molecule has 152 valence electrons. The van der Waals surface area contributed by atoms with Gasteiger partial charge < -0.3 is 4.79 Å². The smallest absolute Gasteiger partial charge is 0.239 e. The molecule has 31 heavy (non-hydrogen) atoms. The summed E-state index contributed by atoms with van der Waals surface area (Å²) in [6.07, 6.45) is 0.848. The Morgan fingerprint density at radius 3 is 1.87 bits per heavy atom. The van der Waals surface area contributed by atoms with E-state index in [-0.39, 0.29) is 27.6 Å². The normalized spacial score (nSPS) is 27.7. The zero-order chi connectivity index (χ0) is 21.5. The Morgan fingerprint density at radius 1 is 0.774 bits per heavy atom. The molecular weight excluding hydrogens is 433 g/mol. The summed E-state index contributed by atoms with van der Waals surface area (Å²) in [6.45, 7) is 0. The van der Waals surface area contributed by atoms with Crippen LogP contribution < -0.4 is 4.90 Å². The molecule has 6 heteroatoms. The third-order valence-electron chi connectivity index (χ3n) is 7.03. The molecule has 1 saturated heterocycles. The number of para-hydroxylation sites is 1. The SMILES string of the molecule is O=CC12c3ccccc3C(c3ccccc31)C1C(=O)N(c3c(Cl)cccc3Cl)C(=O)C12. The van der Waals surface area contributed by atoms with Gasteiger partial charge in [0.1, 0.15) is 6.29 Å². The molecule has 1 aliphatic heterocycles. The molecule has 2 amide bonds. The fourth-order valence-corrected chi connectivity index (χ4v) is 6.52. The fraction of sp³-hybridized carbons (Fsp3) is 0.160. The Hall–Kier alpha value is -2.95. The van der Waals surface area contributed by atoms with Crippen LogP contribution in [0.3, 0.4) is 0 Å². The number of rotatable bonds is 2. The van der Waals surface area contributed by atoms with Crippen molar-refractivity contribution in [2.24, 2.45) is 11.8 Å². The largest absolute Gasteiger partial charge is 0.302 e. The predicted octanol–water partition coefficient (Wildman–Crippen LogP) is 4.74. The Kier molecular flexibility index (Phi) is 3.81. The van der Waals surface area contributed by atoms with Crippen LogP contribution in [0.4, 0.5) is 5.69 Å². The van der Waals surface area contributed by atoms with E-state index >= 15 is 0 Å². The Balaban J connectivity index is 1.67. The minimum Gasteiger partial charge on any atom is -0.302 e. The van der Waals surface area contributed by atoms with Gasteiger partial charge in [-0.2, -0.15) is 0 Å². The Bertz CT molecular complexity index is 1250. The van der Waals surface area contributed by atoms with Crippen molar-refractivity contribution in [1.29, 1.82) is 0 Å². The van der Waals surface area contributed by atoms with E-state index < -0.39 is 23.2 Å². The second kappa shape index (κ2) is 6.28. The lowest BCUT2D eigenvalue weighted by molar-refractivity contribution is -0.128. The van der Waals surface area contributed by atoms with E-state index in [1.165, 1.54) is 0 Å². The summed E-state index contributed by atoms with van der Waals surface area (Å²) < 4.78 is 0. The first kappa shape index (κ1) is 18.8. The van der Waals surface area contributed by atoms with Gasteiger partial charge in [0.15, 0.2) is 0 Å². The lowest BCUT2D eigenvalue weighted by Gasteiger charge is -2.51. The predicted molar refractivity (Wildman–Crippen MR) is 118 cm³/mol. The van der Waals surface area contributed by atoms with Crippen molar-refractivity contribution < 1.29 is 14.4 Å². The molecule has 2 atom stereocenters. The van der Waals surface area contributed by atoms with Crippen LogP contribution >= 0.6 is 23.2 Å². The van der Waals surface area contributed by atoms with E-state index in [1.807, 2.05) is 48.5 Å². The zero-order valence-corrected chi connectivity index (χ0v) is 17.6. The summed E-state index contributed by atoms with van der Waals surface area (Å²) in [5.74, 6) is -2.67. The average Bonchev–Trinajstić information content (AvgIpc) is 3.05. The average molecular weight is 448 g/mol. The Morgan fingerprint density at radius 2 is 1.32 bits per heavy atom. The monoisotopic (exact) mass is 447 g/mol. The number of carbonyl (C=O) groups is 3. The number of benzene rings is 3. The van der Waals surface area contributed by atoms with Gasteiger partial charge in [-0.05, 0) is 34.4 Å². The lowest BCUT2D eigenvalue weighted by atomic mass is 9.48. The molecule has 0 radical (unpaired) electrons. The first-order valence-electron chi connectivity index (χ1n) is 9.99. The van der Waals surface area contributed by atoms with Crippen LogP contribution in [0, 0.1) is 11.8 Å². The van der Waals surface area contributed by atoms with Crippen molar-refractivity contribution in [3.05, 3.63) is 99.0 Å². The summed E-state index contributed by atoms with van der Waals surface area (Å²) in [5.41, 5.74) is 2.38. The molecule has 3 aliphatic carbocycles. The van der Waals surface area contributed by atoms with E-state index in [1.54, 1.807) is 18.2 Å². The van der Waals surface area contributed by atoms with E-state index in [4.69, 9.17) is 23.2 Å². The van der Waals surface area contributed by atoms with E-state index in [9.17, 15) is 14.4 Å². The van der Waals surface area contributed by atoms with E-state index in [2.05, 4.69) is 0 Å². The molecular formula is C25H15Cl2NO3. The number of halogens is 2. The number of amides is 2. The van der Waals surface area contributed by atoms with E-state index in [0.29, 0.717) is 0 Å². The summed E-state index contributed by atoms with van der Waals surface area (Å²) in [7, 11) is 0. The quantitative estimate of drug-likeness (QED) is 0.420. The molecule has 0 spiro atoms. The molecule has 2 bridgehead atoms. The molecule has 4 nitrogen and oxygen atoms in total. The van der Waals surface area contributed by atoms with Crippen LogP contribution in [-0.2, 0) is 19.8 Å². The van der Waals surface area contributed by atoms with Crippen molar-refractivity contribution >= 4 is 47.0 Å². The van der Waals surface area contributed by atoms with Crippen LogP contribution in [0.2, 0.25) is 10.0 Å². The number of imide groups is 1. The van der Waals surface area contributed by atoms with Gasteiger partial charge in [-0.25, -0.2) is 4.90 Å². The number of carbonyl (C=O) groups excluding carboxylic acids is 3. The van der Waals surface area contributed by atoms with Crippen LogP contribution in [0.15, 0.2) is 66.7 Å². The maximum Gasteiger partial charge on any atom is 0.239 e. The summed E-state index contributed by atoms with van der Waals surface area (Å²) in [6, 6.07) is 20.1. The van der Waals surface area contributed by atoms with Gasteiger partial charge >= 0.3 is 0 Å². The standard InChI is InChI=1S/C25H15Cl2NO3/c26-17-10-5-11-18(27)22(17)28-23(30)20-19-13-6-1-3-8-15(13)25(12-29,21(20)24(28)31)16-9-4-2-7-14(16)19/h1-12,19-21H. The topological polar surface area (TPSA) is 54.5 Å². The highest BCUT2D eigenvalue weighted by atomic mass is 35.5. The van der Waals surface area contributed by atoms with Gasteiger partial charge in [0, 0.05) is 5.92 Å². The van der Waals surface area contributed by atoms with Gasteiger partial charge in [0.25, 0.3) is 0 Å². The minimum absolute atomic E-state index is 0.184. The first-order chi connectivity index (χ1) is 15.0. The zero-order valence-electron chi connectivity index (χ0n) is 16.1. The number of hydrogen-bond donors (Lipinski definition) is 0. The van der Waals surface area contributed by atoms with Gasteiger partial charge in [0.2, 0.25) is 11.8 Å². The van der Waals surface area contributed by atoms with Crippen LogP contribution in [0.25, 0.3) is 0 Å². The number of aldehydes is 1. The summed E-state index contributed by atoms with van der Waals surface area (Å²) >= 11 is 12.7. The van der Waals surface area contributed by atoms with Crippen molar-refractivity contribution in [1.82, 2.24) is 0 Å². The second-order valence-corrected chi connectivity index (χ2v) is 9.04. The molecule has 3 aromatic rings. The second-order valence-electron chi connectivity index (χ2n) is 8.22.